The fraction of sp³-hybridized carbons (Fsp3) is 0.250. The summed E-state index contributed by atoms with van der Waals surface area (Å²) in [5.41, 5.74) is 3.83. The number of hydrogen-bond donors (Lipinski definition) is 1. The summed E-state index contributed by atoms with van der Waals surface area (Å²) in [5, 5.41) is 4.33. The molecular formula is C20H18ClNO2. The molecule has 0 unspecified atom stereocenters. The second kappa shape index (κ2) is 5.99. The van der Waals surface area contributed by atoms with Crippen LogP contribution in [-0.4, -0.2) is 13.1 Å². The molecule has 1 N–H and O–H groups in total. The van der Waals surface area contributed by atoms with Gasteiger partial charge in [-0.1, -0.05) is 48.0 Å². The number of carbonyl (C=O) groups is 1. The highest BCUT2D eigenvalue weighted by Gasteiger charge is 2.39. The predicted molar refractivity (Wildman–Crippen MR) is 95.6 cm³/mol. The van der Waals surface area contributed by atoms with Crippen LogP contribution in [0.1, 0.15) is 39.9 Å². The third-order valence-electron chi connectivity index (χ3n) is 5.03. The Hall–Kier alpha value is -2.26. The molecule has 0 spiro atoms. The third-order valence-corrected chi connectivity index (χ3v) is 5.28. The van der Waals surface area contributed by atoms with E-state index in [4.69, 9.17) is 16.3 Å². The number of nitrogens with one attached hydrogen (secondary N) is 1. The number of ether oxygens (including phenoxy) is 1. The summed E-state index contributed by atoms with van der Waals surface area (Å²) in [6.07, 6.45) is 5.51. The first-order chi connectivity index (χ1) is 11.7. The molecule has 1 aliphatic heterocycles. The van der Waals surface area contributed by atoms with E-state index < -0.39 is 0 Å². The molecule has 0 aromatic heterocycles. The van der Waals surface area contributed by atoms with Crippen molar-refractivity contribution >= 4 is 23.3 Å². The molecule has 2 aromatic carbocycles. The van der Waals surface area contributed by atoms with E-state index in [-0.39, 0.29) is 12.0 Å². The van der Waals surface area contributed by atoms with Gasteiger partial charge in [0.15, 0.2) is 0 Å². The molecule has 0 saturated heterocycles. The van der Waals surface area contributed by atoms with Crippen LogP contribution in [-0.2, 0) is 4.74 Å². The number of methoxy groups -OCH3 is 1. The summed E-state index contributed by atoms with van der Waals surface area (Å²) in [5.74, 6) is 0.438. The molecule has 1 heterocycles. The van der Waals surface area contributed by atoms with E-state index in [1.54, 1.807) is 0 Å². The molecule has 0 saturated carbocycles. The SMILES string of the molecule is COC(=O)c1cccc2c1N[C@H](c1ccc(Cl)cc1)[C@@H]1CC=C[C@@H]21. The van der Waals surface area contributed by atoms with Gasteiger partial charge in [-0.2, -0.15) is 0 Å². The molecule has 1 aliphatic carbocycles. The van der Waals surface area contributed by atoms with Gasteiger partial charge >= 0.3 is 5.97 Å². The van der Waals surface area contributed by atoms with Crippen molar-refractivity contribution in [3.63, 3.8) is 0 Å². The van der Waals surface area contributed by atoms with Crippen LogP contribution in [0.15, 0.2) is 54.6 Å². The standard InChI is InChI=1S/C20H18ClNO2/c1-24-20(23)17-7-3-6-16-14-4-2-5-15(14)18(22-19(16)17)12-8-10-13(21)11-9-12/h2-4,6-11,14-15,18,22H,5H2,1H3/t14-,15-,18-/m1/s1. The zero-order chi connectivity index (χ0) is 16.7. The normalized spacial score (nSPS) is 24.0. The van der Waals surface area contributed by atoms with Gasteiger partial charge in [0, 0.05) is 10.9 Å². The van der Waals surface area contributed by atoms with Gasteiger partial charge in [0.2, 0.25) is 0 Å². The second-order valence-corrected chi connectivity index (χ2v) is 6.72. The van der Waals surface area contributed by atoms with E-state index >= 15 is 0 Å². The van der Waals surface area contributed by atoms with Crippen molar-refractivity contribution in [1.29, 1.82) is 0 Å². The average Bonchev–Trinajstić information content (AvgIpc) is 3.10. The largest absolute Gasteiger partial charge is 0.465 e. The Morgan fingerprint density at radius 3 is 2.75 bits per heavy atom. The van der Waals surface area contributed by atoms with Crippen molar-refractivity contribution in [2.75, 3.05) is 12.4 Å². The highest BCUT2D eigenvalue weighted by atomic mass is 35.5. The number of esters is 1. The lowest BCUT2D eigenvalue weighted by molar-refractivity contribution is 0.0601. The molecule has 4 heteroatoms. The minimum Gasteiger partial charge on any atom is -0.465 e. The zero-order valence-electron chi connectivity index (χ0n) is 13.3. The van der Waals surface area contributed by atoms with E-state index in [1.807, 2.05) is 24.3 Å². The molecule has 0 radical (unpaired) electrons. The molecule has 2 aliphatic rings. The number of allylic oxidation sites excluding steroid dienone is 2. The van der Waals surface area contributed by atoms with Crippen LogP contribution in [0, 0.1) is 5.92 Å². The van der Waals surface area contributed by atoms with Crippen molar-refractivity contribution in [1.82, 2.24) is 0 Å². The van der Waals surface area contributed by atoms with E-state index in [1.165, 1.54) is 18.2 Å². The average molecular weight is 340 g/mol. The lowest BCUT2D eigenvalue weighted by atomic mass is 9.76. The van der Waals surface area contributed by atoms with Crippen LogP contribution in [0.3, 0.4) is 0 Å². The summed E-state index contributed by atoms with van der Waals surface area (Å²) in [4.78, 5) is 12.2. The maximum Gasteiger partial charge on any atom is 0.339 e. The summed E-state index contributed by atoms with van der Waals surface area (Å²) in [6.45, 7) is 0. The number of benzene rings is 2. The Labute approximate surface area is 146 Å². The van der Waals surface area contributed by atoms with E-state index in [2.05, 4.69) is 35.7 Å². The number of halogens is 1. The van der Waals surface area contributed by atoms with Crippen LogP contribution in [0.4, 0.5) is 5.69 Å². The van der Waals surface area contributed by atoms with E-state index in [0.717, 1.165) is 17.1 Å². The summed E-state index contributed by atoms with van der Waals surface area (Å²) >= 11 is 6.03. The van der Waals surface area contributed by atoms with Crippen molar-refractivity contribution in [2.45, 2.75) is 18.4 Å². The van der Waals surface area contributed by atoms with Gasteiger partial charge < -0.3 is 10.1 Å². The summed E-state index contributed by atoms with van der Waals surface area (Å²) in [7, 11) is 1.42. The minimum absolute atomic E-state index is 0.139. The maximum absolute atomic E-state index is 12.2. The zero-order valence-corrected chi connectivity index (χ0v) is 14.1. The van der Waals surface area contributed by atoms with Crippen LogP contribution in [0.5, 0.6) is 0 Å². The number of rotatable bonds is 2. The van der Waals surface area contributed by atoms with Gasteiger partial charge in [-0.05, 0) is 41.7 Å². The van der Waals surface area contributed by atoms with Crippen LogP contribution < -0.4 is 5.32 Å². The Morgan fingerprint density at radius 1 is 1.21 bits per heavy atom. The molecule has 0 fully saturated rings. The highest BCUT2D eigenvalue weighted by molar-refractivity contribution is 6.30. The van der Waals surface area contributed by atoms with Gasteiger partial charge in [0.25, 0.3) is 0 Å². The van der Waals surface area contributed by atoms with Crippen molar-refractivity contribution in [2.24, 2.45) is 5.92 Å². The Bertz CT molecular complexity index is 813. The fourth-order valence-electron chi connectivity index (χ4n) is 3.90. The number of para-hydroxylation sites is 1. The minimum atomic E-state index is -0.311. The van der Waals surface area contributed by atoms with Crippen molar-refractivity contribution in [3.05, 3.63) is 76.3 Å². The molecule has 122 valence electrons. The molecule has 3 nitrogen and oxygen atoms in total. The first-order valence-electron chi connectivity index (χ1n) is 8.09. The smallest absolute Gasteiger partial charge is 0.339 e. The van der Waals surface area contributed by atoms with Crippen LogP contribution in [0.25, 0.3) is 0 Å². The fourth-order valence-corrected chi connectivity index (χ4v) is 4.03. The van der Waals surface area contributed by atoms with E-state index in [0.29, 0.717) is 17.4 Å². The molecule has 4 rings (SSSR count). The van der Waals surface area contributed by atoms with Gasteiger partial charge in [-0.3, -0.25) is 0 Å². The lowest BCUT2D eigenvalue weighted by Crippen LogP contribution is -2.30. The van der Waals surface area contributed by atoms with E-state index in [9.17, 15) is 4.79 Å². The lowest BCUT2D eigenvalue weighted by Gasteiger charge is -2.38. The quantitative estimate of drug-likeness (QED) is 0.621. The molecule has 0 amide bonds. The van der Waals surface area contributed by atoms with Crippen molar-refractivity contribution in [3.8, 4) is 0 Å². The van der Waals surface area contributed by atoms with Gasteiger partial charge in [-0.15, -0.1) is 0 Å². The number of hydrogen-bond acceptors (Lipinski definition) is 3. The van der Waals surface area contributed by atoms with Crippen LogP contribution in [0.2, 0.25) is 5.02 Å². The van der Waals surface area contributed by atoms with Crippen molar-refractivity contribution < 1.29 is 9.53 Å². The van der Waals surface area contributed by atoms with Gasteiger partial charge in [0.1, 0.15) is 0 Å². The topological polar surface area (TPSA) is 38.3 Å². The number of carbonyl (C=O) groups excluding carboxylic acids is 1. The Balaban J connectivity index is 1.82. The first kappa shape index (κ1) is 15.3. The number of fused-ring (bicyclic) bond motifs is 3. The molecule has 3 atom stereocenters. The molecular weight excluding hydrogens is 322 g/mol. The van der Waals surface area contributed by atoms with Crippen LogP contribution >= 0.6 is 11.6 Å². The molecule has 2 aromatic rings. The summed E-state index contributed by atoms with van der Waals surface area (Å²) < 4.78 is 4.96. The molecule has 24 heavy (non-hydrogen) atoms. The number of anilines is 1. The first-order valence-corrected chi connectivity index (χ1v) is 8.46. The van der Waals surface area contributed by atoms with Gasteiger partial charge in [0.05, 0.1) is 24.4 Å². The maximum atomic E-state index is 12.2. The highest BCUT2D eigenvalue weighted by Crippen LogP contribution is 2.50. The Morgan fingerprint density at radius 2 is 2.00 bits per heavy atom. The second-order valence-electron chi connectivity index (χ2n) is 6.29. The predicted octanol–water partition coefficient (Wildman–Crippen LogP) is 4.95. The molecule has 0 bridgehead atoms. The Kier molecular flexibility index (Phi) is 3.81. The van der Waals surface area contributed by atoms with Gasteiger partial charge in [-0.25, -0.2) is 4.79 Å². The monoisotopic (exact) mass is 339 g/mol. The summed E-state index contributed by atoms with van der Waals surface area (Å²) in [6, 6.07) is 13.9. The third kappa shape index (κ3) is 2.40.